The Balaban J connectivity index is 0.00000164. The molecule has 3 fully saturated rings. The molecule has 6 nitrogen and oxygen atoms in total. The minimum Gasteiger partial charge on any atom is -0.453 e. The Kier molecular flexibility index (Phi) is 8.87. The summed E-state index contributed by atoms with van der Waals surface area (Å²) in [7, 11) is 1.34. The molecule has 154 valence electrons. The number of amides is 2. The molecule has 0 bridgehead atoms. The van der Waals surface area contributed by atoms with Gasteiger partial charge in [-0.3, -0.25) is 4.79 Å². The SMILES string of the molecule is C.CC.COC(=O)N[C@H](C(=O)N1C(C(C)C)CC2CC21)C1CCOCC1.[HH]. The maximum absolute atomic E-state index is 13.3. The van der Waals surface area contributed by atoms with Gasteiger partial charge >= 0.3 is 6.09 Å². The first-order valence-electron chi connectivity index (χ1n) is 9.77. The summed E-state index contributed by atoms with van der Waals surface area (Å²) in [6.45, 7) is 9.65. The van der Waals surface area contributed by atoms with Crippen molar-refractivity contribution in [2.24, 2.45) is 17.8 Å². The maximum Gasteiger partial charge on any atom is 0.407 e. The molecule has 0 aromatic rings. The number of nitrogens with one attached hydrogen (secondary N) is 1. The zero-order valence-electron chi connectivity index (χ0n) is 16.3. The van der Waals surface area contributed by atoms with E-state index < -0.39 is 12.1 Å². The van der Waals surface area contributed by atoms with Crippen LogP contribution in [0.4, 0.5) is 4.79 Å². The van der Waals surface area contributed by atoms with Crippen molar-refractivity contribution in [3.05, 3.63) is 0 Å². The van der Waals surface area contributed by atoms with Crippen LogP contribution < -0.4 is 5.32 Å². The molecule has 2 amide bonds. The molecule has 0 radical (unpaired) electrons. The topological polar surface area (TPSA) is 67.9 Å². The summed E-state index contributed by atoms with van der Waals surface area (Å²) in [5.41, 5.74) is 0. The number of hydrogen-bond donors (Lipinski definition) is 1. The van der Waals surface area contributed by atoms with E-state index in [-0.39, 0.29) is 20.7 Å². The van der Waals surface area contributed by atoms with E-state index in [1.807, 2.05) is 13.8 Å². The third kappa shape index (κ3) is 4.90. The number of nitrogens with zero attached hydrogens (tertiary/aromatic N) is 1. The molecule has 6 heteroatoms. The highest BCUT2D eigenvalue weighted by molar-refractivity contribution is 5.87. The lowest BCUT2D eigenvalue weighted by Crippen LogP contribution is -2.56. The number of piperidine rings is 1. The van der Waals surface area contributed by atoms with Gasteiger partial charge in [0.25, 0.3) is 0 Å². The number of fused-ring (bicyclic) bond motifs is 1. The molecule has 1 aliphatic carbocycles. The zero-order chi connectivity index (χ0) is 18.6. The van der Waals surface area contributed by atoms with Gasteiger partial charge in [0, 0.05) is 26.7 Å². The number of ether oxygens (including phenoxy) is 2. The second kappa shape index (κ2) is 10.1. The quantitative estimate of drug-likeness (QED) is 0.817. The molecular weight excluding hydrogens is 332 g/mol. The van der Waals surface area contributed by atoms with E-state index in [4.69, 9.17) is 9.47 Å². The molecule has 0 aromatic heterocycles. The summed E-state index contributed by atoms with van der Waals surface area (Å²) in [6, 6.07) is 0.191. The predicted molar refractivity (Wildman–Crippen MR) is 105 cm³/mol. The smallest absolute Gasteiger partial charge is 0.407 e. The minimum absolute atomic E-state index is 0. The summed E-state index contributed by atoms with van der Waals surface area (Å²) in [5.74, 6) is 1.31. The molecule has 1 N–H and O–H groups in total. The Morgan fingerprint density at radius 1 is 1.19 bits per heavy atom. The van der Waals surface area contributed by atoms with Crippen LogP contribution in [-0.2, 0) is 14.3 Å². The van der Waals surface area contributed by atoms with Gasteiger partial charge in [0.15, 0.2) is 0 Å². The van der Waals surface area contributed by atoms with Crippen LogP contribution in [0.5, 0.6) is 0 Å². The van der Waals surface area contributed by atoms with Gasteiger partial charge < -0.3 is 19.7 Å². The Morgan fingerprint density at radius 3 is 2.35 bits per heavy atom. The fourth-order valence-corrected chi connectivity index (χ4v) is 4.19. The zero-order valence-corrected chi connectivity index (χ0v) is 16.3. The first-order chi connectivity index (χ1) is 12.0. The number of carbonyl (C=O) groups is 2. The number of methoxy groups -OCH3 is 1. The number of rotatable bonds is 4. The summed E-state index contributed by atoms with van der Waals surface area (Å²) in [4.78, 5) is 27.1. The van der Waals surface area contributed by atoms with E-state index in [0.717, 1.165) is 25.7 Å². The molecule has 0 aromatic carbocycles. The first kappa shape index (κ1) is 22.7. The molecule has 2 aliphatic heterocycles. The lowest BCUT2D eigenvalue weighted by molar-refractivity contribution is -0.138. The van der Waals surface area contributed by atoms with Crippen LogP contribution in [0.25, 0.3) is 0 Å². The van der Waals surface area contributed by atoms with Gasteiger partial charge in [-0.1, -0.05) is 35.1 Å². The highest BCUT2D eigenvalue weighted by atomic mass is 16.5. The highest BCUT2D eigenvalue weighted by Crippen LogP contribution is 2.50. The van der Waals surface area contributed by atoms with Gasteiger partial charge in [-0.05, 0) is 43.4 Å². The Hall–Kier alpha value is -1.30. The van der Waals surface area contributed by atoms with Crippen molar-refractivity contribution in [3.8, 4) is 0 Å². The lowest BCUT2D eigenvalue weighted by atomic mass is 9.90. The molecule has 26 heavy (non-hydrogen) atoms. The standard InChI is InChI=1S/C17H28N2O4.C2H6.CH4.H2/c1-10(2)13-8-12-9-14(12)19(13)16(20)15(18-17(21)22-3)11-4-6-23-7-5-11;1-2;;/h10-15H,4-9H2,1-3H3,(H,18,21);1-2H3;1H4;1H/t12?,13?,14?,15-;;;/m0.../s1. The highest BCUT2D eigenvalue weighted by Gasteiger charge is 2.55. The average molecular weight is 373 g/mol. The molecule has 0 spiro atoms. The lowest BCUT2D eigenvalue weighted by Gasteiger charge is -2.37. The minimum atomic E-state index is -0.525. The third-order valence-corrected chi connectivity index (χ3v) is 5.63. The van der Waals surface area contributed by atoms with Crippen molar-refractivity contribution in [3.63, 3.8) is 0 Å². The van der Waals surface area contributed by atoms with E-state index in [0.29, 0.717) is 37.1 Å². The van der Waals surface area contributed by atoms with Crippen LogP contribution in [0.2, 0.25) is 0 Å². The third-order valence-electron chi connectivity index (χ3n) is 5.63. The maximum atomic E-state index is 13.3. The van der Waals surface area contributed by atoms with Crippen LogP contribution in [0, 0.1) is 17.8 Å². The Bertz CT molecular complexity index is 469. The molecule has 1 saturated carbocycles. The normalized spacial score (nSPS) is 28.2. The first-order valence-corrected chi connectivity index (χ1v) is 9.77. The largest absolute Gasteiger partial charge is 0.453 e. The van der Waals surface area contributed by atoms with Crippen LogP contribution in [-0.4, -0.2) is 55.3 Å². The second-order valence-corrected chi connectivity index (χ2v) is 7.42. The van der Waals surface area contributed by atoms with Crippen molar-refractivity contribution < 1.29 is 20.5 Å². The van der Waals surface area contributed by atoms with Crippen molar-refractivity contribution in [2.75, 3.05) is 20.3 Å². The summed E-state index contributed by atoms with van der Waals surface area (Å²) >= 11 is 0. The number of hydrogen-bond acceptors (Lipinski definition) is 4. The fraction of sp³-hybridized carbons (Fsp3) is 0.900. The number of likely N-dealkylation sites (tertiary alicyclic amines) is 1. The molecule has 4 atom stereocenters. The monoisotopic (exact) mass is 372 g/mol. The van der Waals surface area contributed by atoms with Gasteiger partial charge in [-0.25, -0.2) is 4.79 Å². The van der Waals surface area contributed by atoms with E-state index in [9.17, 15) is 9.59 Å². The van der Waals surface area contributed by atoms with Crippen LogP contribution in [0.1, 0.15) is 62.2 Å². The van der Waals surface area contributed by atoms with Crippen LogP contribution in [0.15, 0.2) is 0 Å². The van der Waals surface area contributed by atoms with Crippen molar-refractivity contribution in [1.29, 1.82) is 0 Å². The van der Waals surface area contributed by atoms with Gasteiger partial charge in [0.05, 0.1) is 7.11 Å². The molecular formula is C20H40N2O4. The predicted octanol–water partition coefficient (Wildman–Crippen LogP) is 3.69. The van der Waals surface area contributed by atoms with E-state index >= 15 is 0 Å². The van der Waals surface area contributed by atoms with Gasteiger partial charge in [0.2, 0.25) is 5.91 Å². The van der Waals surface area contributed by atoms with E-state index in [2.05, 4.69) is 24.1 Å². The summed E-state index contributed by atoms with van der Waals surface area (Å²) < 4.78 is 10.2. The van der Waals surface area contributed by atoms with E-state index in [1.54, 1.807) is 0 Å². The van der Waals surface area contributed by atoms with Crippen LogP contribution in [0.3, 0.4) is 0 Å². The fourth-order valence-electron chi connectivity index (χ4n) is 4.19. The van der Waals surface area contributed by atoms with E-state index in [1.165, 1.54) is 7.11 Å². The van der Waals surface area contributed by atoms with Gasteiger partial charge in [-0.2, -0.15) is 0 Å². The van der Waals surface area contributed by atoms with Crippen molar-refractivity contribution in [1.82, 2.24) is 10.2 Å². The second-order valence-electron chi connectivity index (χ2n) is 7.42. The van der Waals surface area contributed by atoms with Gasteiger partial charge in [-0.15, -0.1) is 0 Å². The molecule has 2 heterocycles. The Labute approximate surface area is 160 Å². The molecule has 3 aliphatic rings. The number of carbonyl (C=O) groups excluding carboxylic acids is 2. The molecule has 2 saturated heterocycles. The van der Waals surface area contributed by atoms with Crippen molar-refractivity contribution in [2.45, 2.75) is 78.9 Å². The van der Waals surface area contributed by atoms with Crippen molar-refractivity contribution >= 4 is 12.0 Å². The van der Waals surface area contributed by atoms with Crippen LogP contribution >= 0.6 is 0 Å². The summed E-state index contributed by atoms with van der Waals surface area (Å²) in [5, 5.41) is 2.80. The van der Waals surface area contributed by atoms with Gasteiger partial charge in [0.1, 0.15) is 6.04 Å². The summed E-state index contributed by atoms with van der Waals surface area (Å²) in [6.07, 6.45) is 3.30. The Morgan fingerprint density at radius 2 is 1.81 bits per heavy atom. The number of alkyl carbamates (subject to hydrolysis) is 1. The molecule has 3 rings (SSSR count). The average Bonchev–Trinajstić information content (AvgIpc) is 3.31. The molecule has 3 unspecified atom stereocenters.